The molecule has 2 bridgehead atoms. The monoisotopic (exact) mass is 334 g/mol. The molecule has 0 amide bonds. The normalized spacial score (nSPS) is 33.6. The van der Waals surface area contributed by atoms with Crippen molar-refractivity contribution in [2.75, 3.05) is 6.61 Å². The van der Waals surface area contributed by atoms with Crippen LogP contribution in [0.1, 0.15) is 23.2 Å². The van der Waals surface area contributed by atoms with Gasteiger partial charge in [0.05, 0.1) is 11.8 Å². The second kappa shape index (κ2) is 5.34. The van der Waals surface area contributed by atoms with Crippen molar-refractivity contribution in [3.63, 3.8) is 0 Å². The molecule has 3 aliphatic rings. The quantitative estimate of drug-likeness (QED) is 0.624. The van der Waals surface area contributed by atoms with Crippen LogP contribution in [0.25, 0.3) is 0 Å². The summed E-state index contributed by atoms with van der Waals surface area (Å²) in [5.74, 6) is -1.57. The topological polar surface area (TPSA) is 69.7 Å². The van der Waals surface area contributed by atoms with Gasteiger partial charge in [-0.05, 0) is 43.0 Å². The average molecular weight is 335 g/mol. The largest absolute Gasteiger partial charge is 0.462 e. The molecule has 0 N–H and O–H groups in total. The van der Waals surface area contributed by atoms with Crippen LogP contribution in [-0.4, -0.2) is 30.4 Å². The molecular weight excluding hydrogens is 320 g/mol. The van der Waals surface area contributed by atoms with E-state index in [0.29, 0.717) is 10.6 Å². The number of hydrogen-bond acceptors (Lipinski definition) is 5. The minimum atomic E-state index is -0.456. The van der Waals surface area contributed by atoms with E-state index in [9.17, 15) is 14.4 Å². The molecule has 2 saturated carbocycles. The molecule has 2 aliphatic carbocycles. The highest BCUT2D eigenvalue weighted by molar-refractivity contribution is 6.30. The number of benzene rings is 1. The van der Waals surface area contributed by atoms with Crippen molar-refractivity contribution in [1.29, 1.82) is 0 Å². The van der Waals surface area contributed by atoms with Crippen LogP contribution in [0.3, 0.4) is 0 Å². The molecule has 0 unspecified atom stereocenters. The summed E-state index contributed by atoms with van der Waals surface area (Å²) in [7, 11) is 0. The van der Waals surface area contributed by atoms with Crippen LogP contribution in [0.4, 0.5) is 0 Å². The fraction of sp³-hybridized carbons (Fsp3) is 0.471. The lowest BCUT2D eigenvalue weighted by molar-refractivity contribution is -0.154. The lowest BCUT2D eigenvalue weighted by Gasteiger charge is -2.22. The van der Waals surface area contributed by atoms with Gasteiger partial charge in [0.2, 0.25) is 0 Å². The van der Waals surface area contributed by atoms with Gasteiger partial charge in [-0.1, -0.05) is 11.6 Å². The van der Waals surface area contributed by atoms with Crippen molar-refractivity contribution in [2.45, 2.75) is 18.9 Å². The van der Waals surface area contributed by atoms with Crippen molar-refractivity contribution >= 4 is 29.3 Å². The molecule has 5 nitrogen and oxygen atoms in total. The molecule has 1 aromatic rings. The average Bonchev–Trinajstić information content (AvgIpc) is 3.14. The standard InChI is InChI=1S/C17H15ClO5/c18-10-3-1-8(2-4-10)12(19)7-22-16(20)14-9-5-11-13(6-9)23-17(21)15(11)14/h1-4,9,11,13-15H,5-7H2/t9-,11+,13-,14-,15-/m1/s1. The predicted molar refractivity (Wildman–Crippen MR) is 79.8 cm³/mol. The van der Waals surface area contributed by atoms with E-state index in [-0.39, 0.29) is 42.2 Å². The number of esters is 2. The maximum Gasteiger partial charge on any atom is 0.310 e. The number of ketones is 1. The smallest absolute Gasteiger partial charge is 0.310 e. The number of ether oxygens (including phenoxy) is 2. The van der Waals surface area contributed by atoms with Crippen LogP contribution in [0, 0.1) is 23.7 Å². The fourth-order valence-electron chi connectivity index (χ4n) is 4.28. The van der Waals surface area contributed by atoms with E-state index in [1.165, 1.54) is 0 Å². The number of carbonyl (C=O) groups excluding carboxylic acids is 3. The van der Waals surface area contributed by atoms with Crippen molar-refractivity contribution in [3.8, 4) is 0 Å². The van der Waals surface area contributed by atoms with Crippen LogP contribution in [0.15, 0.2) is 24.3 Å². The van der Waals surface area contributed by atoms with Crippen molar-refractivity contribution < 1.29 is 23.9 Å². The van der Waals surface area contributed by atoms with Crippen LogP contribution in [-0.2, 0) is 19.1 Å². The summed E-state index contributed by atoms with van der Waals surface area (Å²) in [5, 5.41) is 0.537. The Hall–Kier alpha value is -1.88. The zero-order valence-electron chi connectivity index (χ0n) is 12.2. The highest BCUT2D eigenvalue weighted by atomic mass is 35.5. The molecule has 4 rings (SSSR count). The summed E-state index contributed by atoms with van der Waals surface area (Å²) < 4.78 is 10.5. The summed E-state index contributed by atoms with van der Waals surface area (Å²) in [6.45, 7) is -0.320. The van der Waals surface area contributed by atoms with E-state index < -0.39 is 11.9 Å². The third-order valence-electron chi connectivity index (χ3n) is 5.27. The van der Waals surface area contributed by atoms with Crippen LogP contribution in [0.2, 0.25) is 5.02 Å². The van der Waals surface area contributed by atoms with Gasteiger partial charge in [0, 0.05) is 16.5 Å². The first-order valence-electron chi connectivity index (χ1n) is 7.70. The number of halogens is 1. The van der Waals surface area contributed by atoms with E-state index in [1.54, 1.807) is 24.3 Å². The second-order valence-electron chi connectivity index (χ2n) is 6.46. The van der Waals surface area contributed by atoms with E-state index in [2.05, 4.69) is 0 Å². The van der Waals surface area contributed by atoms with Gasteiger partial charge in [-0.3, -0.25) is 14.4 Å². The van der Waals surface area contributed by atoms with Crippen molar-refractivity contribution in [2.24, 2.45) is 23.7 Å². The van der Waals surface area contributed by atoms with Gasteiger partial charge in [0.15, 0.2) is 12.4 Å². The van der Waals surface area contributed by atoms with Crippen LogP contribution < -0.4 is 0 Å². The van der Waals surface area contributed by atoms with Gasteiger partial charge in [-0.15, -0.1) is 0 Å². The third-order valence-corrected chi connectivity index (χ3v) is 5.52. The molecule has 1 aromatic carbocycles. The highest BCUT2D eigenvalue weighted by Gasteiger charge is 2.64. The predicted octanol–water partition coefficient (Wildman–Crippen LogP) is 2.26. The molecule has 0 aromatic heterocycles. The first-order valence-corrected chi connectivity index (χ1v) is 8.08. The summed E-state index contributed by atoms with van der Waals surface area (Å²) in [6.07, 6.45) is 1.56. The molecule has 120 valence electrons. The first-order chi connectivity index (χ1) is 11.0. The zero-order valence-corrected chi connectivity index (χ0v) is 13.0. The Morgan fingerprint density at radius 2 is 1.96 bits per heavy atom. The Morgan fingerprint density at radius 1 is 1.22 bits per heavy atom. The summed E-state index contributed by atoms with van der Waals surface area (Å²) >= 11 is 5.78. The van der Waals surface area contributed by atoms with Gasteiger partial charge in [-0.2, -0.15) is 0 Å². The molecule has 23 heavy (non-hydrogen) atoms. The molecule has 5 atom stereocenters. The fourth-order valence-corrected chi connectivity index (χ4v) is 4.40. The van der Waals surface area contributed by atoms with Gasteiger partial charge < -0.3 is 9.47 Å². The highest BCUT2D eigenvalue weighted by Crippen LogP contribution is 2.57. The molecule has 3 fully saturated rings. The number of fused-ring (bicyclic) bond motifs is 1. The van der Waals surface area contributed by atoms with Gasteiger partial charge in [0.25, 0.3) is 0 Å². The maximum absolute atomic E-state index is 12.4. The summed E-state index contributed by atoms with van der Waals surface area (Å²) in [5.41, 5.74) is 0.440. The Morgan fingerprint density at radius 3 is 2.70 bits per heavy atom. The zero-order chi connectivity index (χ0) is 16.1. The summed E-state index contributed by atoms with van der Waals surface area (Å²) in [6, 6.07) is 6.41. The van der Waals surface area contributed by atoms with E-state index in [0.717, 1.165) is 12.8 Å². The Bertz CT molecular complexity index is 681. The second-order valence-corrected chi connectivity index (χ2v) is 6.90. The van der Waals surface area contributed by atoms with Crippen molar-refractivity contribution in [1.82, 2.24) is 0 Å². The number of Topliss-reactive ketones (excluding diaryl/α,β-unsaturated/α-hetero) is 1. The Kier molecular flexibility index (Phi) is 3.41. The van der Waals surface area contributed by atoms with Gasteiger partial charge in [0.1, 0.15) is 6.10 Å². The summed E-state index contributed by atoms with van der Waals surface area (Å²) in [4.78, 5) is 36.3. The molecule has 1 saturated heterocycles. The van der Waals surface area contributed by atoms with E-state index in [4.69, 9.17) is 21.1 Å². The minimum Gasteiger partial charge on any atom is -0.462 e. The number of rotatable bonds is 4. The van der Waals surface area contributed by atoms with E-state index >= 15 is 0 Å². The minimum absolute atomic E-state index is 0.0164. The van der Waals surface area contributed by atoms with Crippen LogP contribution >= 0.6 is 11.6 Å². The van der Waals surface area contributed by atoms with Crippen molar-refractivity contribution in [3.05, 3.63) is 34.9 Å². The lowest BCUT2D eigenvalue weighted by atomic mass is 9.80. The number of carbonyl (C=O) groups is 3. The molecule has 1 aliphatic heterocycles. The SMILES string of the molecule is O=C(COC(=O)[C@@H]1[C@@H]2C[C@@H]3[C@H]1C(=O)O[C@@H]3C2)c1ccc(Cl)cc1. The van der Waals surface area contributed by atoms with Gasteiger partial charge in [-0.25, -0.2) is 0 Å². The molecular formula is C17H15ClO5. The molecule has 6 heteroatoms. The van der Waals surface area contributed by atoms with Gasteiger partial charge >= 0.3 is 11.9 Å². The molecule has 0 spiro atoms. The maximum atomic E-state index is 12.4. The third kappa shape index (κ3) is 2.34. The van der Waals surface area contributed by atoms with Crippen LogP contribution in [0.5, 0.6) is 0 Å². The van der Waals surface area contributed by atoms with E-state index in [1.807, 2.05) is 0 Å². The lowest BCUT2D eigenvalue weighted by Crippen LogP contribution is -2.34. The first kappa shape index (κ1) is 14.7. The Balaban J connectivity index is 1.40. The molecule has 0 radical (unpaired) electrons. The number of hydrogen-bond donors (Lipinski definition) is 0. The Labute approximate surface area is 137 Å². The molecule has 1 heterocycles.